The number of phenolic OH excluding ortho intramolecular Hbond substituents is 1. The first kappa shape index (κ1) is 61.6. The summed E-state index contributed by atoms with van der Waals surface area (Å²) in [6.07, 6.45) is 4.36. The summed E-state index contributed by atoms with van der Waals surface area (Å²) < 4.78 is 20.8. The van der Waals surface area contributed by atoms with E-state index in [0.717, 1.165) is 70.5 Å². The van der Waals surface area contributed by atoms with Gasteiger partial charge in [0.1, 0.15) is 48.9 Å². The molecule has 0 aliphatic carbocycles. The van der Waals surface area contributed by atoms with Crippen LogP contribution in [0.2, 0.25) is 0 Å². The molecule has 0 fully saturated rings. The quantitative estimate of drug-likeness (QED) is 0.0399. The minimum atomic E-state index is -0.464. The summed E-state index contributed by atoms with van der Waals surface area (Å²) >= 11 is 0. The molecule has 3 N–H and O–H groups in total. The maximum atomic E-state index is 12.1. The summed E-state index contributed by atoms with van der Waals surface area (Å²) in [7, 11) is 0. The third-order valence-electron chi connectivity index (χ3n) is 10.3. The number of carbonyl (C=O) groups is 4. The highest BCUT2D eigenvalue weighted by molar-refractivity contribution is 5.93. The maximum absolute atomic E-state index is 12.1. The summed E-state index contributed by atoms with van der Waals surface area (Å²) in [6.45, 7) is 27.3. The van der Waals surface area contributed by atoms with Crippen LogP contribution < -0.4 is 14.5 Å². The molecule has 0 aliphatic rings. The molecule has 11 heteroatoms. The lowest BCUT2D eigenvalue weighted by atomic mass is 9.97. The molecular weight excluding hydrogens is 785 g/mol. The van der Waals surface area contributed by atoms with Gasteiger partial charge in [-0.25, -0.2) is 9.59 Å². The Balaban J connectivity index is -0.000000828. The molecule has 0 spiro atoms. The molecule has 0 aromatic heterocycles. The second kappa shape index (κ2) is 35.8. The molecule has 352 valence electrons. The molecule has 3 aromatic carbocycles. The molecule has 1 atom stereocenters. The van der Waals surface area contributed by atoms with Crippen molar-refractivity contribution in [3.05, 3.63) is 117 Å². The molecule has 62 heavy (non-hydrogen) atoms. The van der Waals surface area contributed by atoms with Crippen LogP contribution in [0, 0.1) is 34.1 Å². The zero-order valence-corrected chi connectivity index (χ0v) is 40.6. The third-order valence-corrected chi connectivity index (χ3v) is 10.3. The van der Waals surface area contributed by atoms with Crippen molar-refractivity contribution in [2.24, 2.45) is 11.8 Å². The molecule has 0 amide bonds. The van der Waals surface area contributed by atoms with Gasteiger partial charge in [-0.05, 0) is 94.7 Å². The number of benzene rings is 3. The fourth-order valence-corrected chi connectivity index (χ4v) is 6.16. The van der Waals surface area contributed by atoms with Gasteiger partial charge in [-0.3, -0.25) is 9.59 Å². The number of ether oxygens (including phenoxy) is 4. The Hall–Kier alpha value is -4.74. The van der Waals surface area contributed by atoms with Gasteiger partial charge in [0.2, 0.25) is 0 Å². The Morgan fingerprint density at radius 3 is 1.53 bits per heavy atom. The van der Waals surface area contributed by atoms with Crippen molar-refractivity contribution in [2.75, 3.05) is 59.1 Å². The fourth-order valence-electron chi connectivity index (χ4n) is 6.16. The smallest absolute Gasteiger partial charge is 0.342 e. The fraction of sp³-hybridized carbons (Fsp3) is 0.510. The minimum Gasteiger partial charge on any atom is -0.507 e. The van der Waals surface area contributed by atoms with E-state index in [0.29, 0.717) is 31.7 Å². The molecule has 0 heterocycles. The molecule has 3 rings (SSSR count). The average Bonchev–Trinajstić information content (AvgIpc) is 3.23. The lowest BCUT2D eigenvalue weighted by Crippen LogP contribution is -3.11. The van der Waals surface area contributed by atoms with Gasteiger partial charge >= 0.3 is 23.9 Å². The second-order valence-electron chi connectivity index (χ2n) is 15.0. The van der Waals surface area contributed by atoms with E-state index in [9.17, 15) is 24.3 Å². The summed E-state index contributed by atoms with van der Waals surface area (Å²) in [5.74, 6) is -0.164. The number of nitrogens with one attached hydrogen (secondary N) is 2. The number of para-hydroxylation sites is 2. The van der Waals surface area contributed by atoms with Crippen LogP contribution in [0.1, 0.15) is 126 Å². The molecule has 1 unspecified atom stereocenters. The predicted molar refractivity (Wildman–Crippen MR) is 253 cm³/mol. The van der Waals surface area contributed by atoms with Crippen LogP contribution in [-0.4, -0.2) is 88.1 Å². The Labute approximate surface area is 376 Å². The molecule has 3 aromatic rings. The first-order chi connectivity index (χ1) is 28.2. The number of quaternary nitrogens is 2. The highest BCUT2D eigenvalue weighted by atomic mass is 16.6. The van der Waals surface area contributed by atoms with Gasteiger partial charge < -0.3 is 56.1 Å². The van der Waals surface area contributed by atoms with E-state index in [1.54, 1.807) is 42.5 Å². The van der Waals surface area contributed by atoms with Gasteiger partial charge in [0.15, 0.2) is 0 Å². The number of aromatic hydroxyl groups is 1. The monoisotopic (exact) mass is 868 g/mol. The molecular formula is C51H83N2O9-. The van der Waals surface area contributed by atoms with E-state index >= 15 is 0 Å². The Morgan fingerprint density at radius 1 is 0.613 bits per heavy atom. The molecule has 11 nitrogen and oxygen atoms in total. The van der Waals surface area contributed by atoms with Crippen LogP contribution in [0.25, 0.3) is 0 Å². The number of rotatable bonds is 22. The standard InChI is InChI=1S/C20H32O2.C15H21NO4.C13H19NO3.3CH3/c1-6-17(7-2)12-13-22-20(21)16(5)19-10-8-18(9-11-19)14-15(3)4;1-4-16(5-2)10-11-19-15(18)13-8-6-7-9-14(13)20-12(3)17;1-3-14(4-2)9-10-17-13(16)11-7-5-6-8-12(11)15;;;/h8-11,15-17H,6-7,12-14H2,1-5H3;6-9H,4-5,10-11H2,1-3H3;5-8,15H,3-4,9-10H2,1-2H3;3*1H3/q;;;3*-1/p+2. The Bertz CT molecular complexity index is 1630. The number of hydrogen-bond acceptors (Lipinski definition) is 9. The molecule has 0 bridgehead atoms. The summed E-state index contributed by atoms with van der Waals surface area (Å²) in [5, 5.41) is 9.48. The van der Waals surface area contributed by atoms with Crippen LogP contribution in [0.5, 0.6) is 11.5 Å². The van der Waals surface area contributed by atoms with Gasteiger partial charge in [-0.1, -0.05) is 89.1 Å². The van der Waals surface area contributed by atoms with Crippen molar-refractivity contribution in [2.45, 2.75) is 101 Å². The van der Waals surface area contributed by atoms with Crippen molar-refractivity contribution < 1.29 is 53.0 Å². The summed E-state index contributed by atoms with van der Waals surface area (Å²) in [6, 6.07) is 21.4. The van der Waals surface area contributed by atoms with Gasteiger partial charge in [0.05, 0.1) is 38.7 Å². The average molecular weight is 868 g/mol. The molecule has 0 saturated carbocycles. The van der Waals surface area contributed by atoms with E-state index in [1.165, 1.54) is 28.4 Å². The van der Waals surface area contributed by atoms with Crippen LogP contribution in [0.15, 0.2) is 72.8 Å². The van der Waals surface area contributed by atoms with Crippen LogP contribution in [0.4, 0.5) is 0 Å². The lowest BCUT2D eigenvalue weighted by molar-refractivity contribution is -0.896. The van der Waals surface area contributed by atoms with Gasteiger partial charge in [0.25, 0.3) is 0 Å². The van der Waals surface area contributed by atoms with Crippen molar-refractivity contribution in [1.82, 2.24) is 0 Å². The highest BCUT2D eigenvalue weighted by Crippen LogP contribution is 2.21. The van der Waals surface area contributed by atoms with E-state index in [-0.39, 0.29) is 56.8 Å². The molecule has 0 saturated heterocycles. The summed E-state index contributed by atoms with van der Waals surface area (Å²) in [4.78, 5) is 49.5. The first-order valence-corrected chi connectivity index (χ1v) is 21.6. The number of phenols is 1. The number of esters is 4. The predicted octanol–water partition coefficient (Wildman–Crippen LogP) is 7.88. The van der Waals surface area contributed by atoms with E-state index < -0.39 is 17.9 Å². The maximum Gasteiger partial charge on any atom is 0.342 e. The highest BCUT2D eigenvalue weighted by Gasteiger charge is 2.18. The molecule has 0 aliphatic heterocycles. The van der Waals surface area contributed by atoms with Crippen LogP contribution in [-0.2, 0) is 30.2 Å². The zero-order valence-electron chi connectivity index (χ0n) is 40.6. The Kier molecular flexibility index (Phi) is 35.6. The van der Waals surface area contributed by atoms with Gasteiger partial charge in [0, 0.05) is 6.92 Å². The van der Waals surface area contributed by atoms with E-state index in [1.807, 2.05) is 6.92 Å². The normalized spacial score (nSPS) is 10.7. The van der Waals surface area contributed by atoms with E-state index in [2.05, 4.69) is 79.7 Å². The van der Waals surface area contributed by atoms with Crippen molar-refractivity contribution >= 4 is 23.9 Å². The van der Waals surface area contributed by atoms with Gasteiger partial charge in [-0.15, -0.1) is 0 Å². The SMILES string of the molecule is CCC(CC)CCOC(=O)C(C)c1ccc(CC(C)C)cc1.CC[NH+](CC)CCOC(=O)c1ccccc1O.CC[NH+](CC)CCOC(=O)c1ccccc1OC(C)=O.[CH3-].[CH3-].[CH3-]. The van der Waals surface area contributed by atoms with Crippen molar-refractivity contribution in [1.29, 1.82) is 0 Å². The topological polar surface area (TPSA) is 134 Å². The second-order valence-corrected chi connectivity index (χ2v) is 15.0. The summed E-state index contributed by atoms with van der Waals surface area (Å²) in [5.41, 5.74) is 2.87. The first-order valence-electron chi connectivity index (χ1n) is 21.6. The third kappa shape index (κ3) is 24.6. The number of hydrogen-bond donors (Lipinski definition) is 3. The number of carbonyl (C=O) groups excluding carboxylic acids is 4. The van der Waals surface area contributed by atoms with Gasteiger partial charge in [-0.2, -0.15) is 0 Å². The lowest BCUT2D eigenvalue weighted by Gasteiger charge is -2.15. The Morgan fingerprint density at radius 2 is 1.08 bits per heavy atom. The van der Waals surface area contributed by atoms with Crippen molar-refractivity contribution in [3.8, 4) is 11.5 Å². The van der Waals surface area contributed by atoms with Crippen LogP contribution >= 0.6 is 0 Å². The largest absolute Gasteiger partial charge is 0.507 e. The molecule has 0 radical (unpaired) electrons. The minimum absolute atomic E-state index is 0. The number of likely N-dealkylation sites (N-methyl/N-ethyl adjacent to an activating group) is 2. The van der Waals surface area contributed by atoms with E-state index in [4.69, 9.17) is 18.9 Å². The van der Waals surface area contributed by atoms with Crippen molar-refractivity contribution in [3.63, 3.8) is 0 Å². The van der Waals surface area contributed by atoms with Crippen LogP contribution in [0.3, 0.4) is 0 Å². The zero-order chi connectivity index (χ0) is 44.2.